The van der Waals surface area contributed by atoms with Gasteiger partial charge in [-0.3, -0.25) is 14.9 Å². The maximum Gasteiger partial charge on any atom is 0.280 e. The van der Waals surface area contributed by atoms with Crippen LogP contribution < -0.4 is 4.90 Å². The van der Waals surface area contributed by atoms with Crippen LogP contribution in [0.25, 0.3) is 27.9 Å². The van der Waals surface area contributed by atoms with Crippen molar-refractivity contribution in [2.75, 3.05) is 31.1 Å². The number of carbonyl (C=O) groups excluding carboxylic acids is 1. The van der Waals surface area contributed by atoms with E-state index in [0.29, 0.717) is 60.3 Å². The minimum absolute atomic E-state index is 0.0732. The second kappa shape index (κ2) is 9.25. The number of hydrogen-bond acceptors (Lipinski definition) is 8. The molecule has 3 aromatic carbocycles. The SMILES string of the molecule is N#Cc1cccc(C(=O)N2CCN(c3nc4ccccc4c4nnc(-c5ccccc5[N+](=O)[O-])n34)CC2)c1. The van der Waals surface area contributed by atoms with E-state index >= 15 is 0 Å². The first kappa shape index (κ1) is 23.1. The van der Waals surface area contributed by atoms with Crippen molar-refractivity contribution in [2.45, 2.75) is 0 Å². The number of aromatic nitrogens is 4. The van der Waals surface area contributed by atoms with Crippen LogP contribution in [-0.2, 0) is 0 Å². The number of hydrogen-bond donors (Lipinski definition) is 0. The summed E-state index contributed by atoms with van der Waals surface area (Å²) in [5.74, 6) is 0.742. The van der Waals surface area contributed by atoms with Gasteiger partial charge in [-0.25, -0.2) is 9.38 Å². The highest BCUT2D eigenvalue weighted by molar-refractivity contribution is 5.95. The standard InChI is InChI=1S/C27H20N8O3/c28-17-18-6-5-7-19(16-18)26(36)32-12-14-33(15-13-32)27-29-22-10-3-1-8-20(22)24-30-31-25(34(24)27)21-9-2-4-11-23(21)35(37)38/h1-11,16H,12-15H2. The third-order valence-corrected chi connectivity index (χ3v) is 6.66. The van der Waals surface area contributed by atoms with Crippen molar-refractivity contribution in [1.29, 1.82) is 5.26 Å². The molecule has 0 unspecified atom stereocenters. The number of fused-ring (bicyclic) bond motifs is 3. The first-order valence-corrected chi connectivity index (χ1v) is 12.0. The first-order chi connectivity index (χ1) is 18.5. The third-order valence-electron chi connectivity index (χ3n) is 6.66. The number of piperazine rings is 1. The van der Waals surface area contributed by atoms with Crippen LogP contribution >= 0.6 is 0 Å². The van der Waals surface area contributed by atoms with E-state index in [4.69, 9.17) is 4.98 Å². The molecule has 0 bridgehead atoms. The molecule has 38 heavy (non-hydrogen) atoms. The molecule has 1 amide bonds. The molecule has 0 aliphatic carbocycles. The van der Waals surface area contributed by atoms with Crippen LogP contribution in [0.3, 0.4) is 0 Å². The van der Waals surface area contributed by atoms with E-state index in [9.17, 15) is 20.2 Å². The number of benzene rings is 3. The van der Waals surface area contributed by atoms with Gasteiger partial charge in [0, 0.05) is 43.2 Å². The first-order valence-electron chi connectivity index (χ1n) is 12.0. The van der Waals surface area contributed by atoms with E-state index in [1.807, 2.05) is 29.2 Å². The molecule has 6 rings (SSSR count). The van der Waals surface area contributed by atoms with Crippen molar-refractivity contribution < 1.29 is 9.72 Å². The Morgan fingerprint density at radius 2 is 1.71 bits per heavy atom. The van der Waals surface area contributed by atoms with Crippen molar-refractivity contribution in [3.8, 4) is 17.5 Å². The molecule has 11 nitrogen and oxygen atoms in total. The predicted molar refractivity (Wildman–Crippen MR) is 140 cm³/mol. The fourth-order valence-electron chi connectivity index (χ4n) is 4.79. The number of anilines is 1. The van der Waals surface area contributed by atoms with Gasteiger partial charge in [0.2, 0.25) is 5.95 Å². The summed E-state index contributed by atoms with van der Waals surface area (Å²) in [6, 6.07) is 22.7. The Kier molecular flexibility index (Phi) is 5.61. The van der Waals surface area contributed by atoms with Crippen LogP contribution in [0.15, 0.2) is 72.8 Å². The second-order valence-electron chi connectivity index (χ2n) is 8.86. The largest absolute Gasteiger partial charge is 0.338 e. The zero-order chi connectivity index (χ0) is 26.2. The maximum absolute atomic E-state index is 13.1. The van der Waals surface area contributed by atoms with Gasteiger partial charge in [-0.1, -0.05) is 30.3 Å². The molecule has 3 heterocycles. The summed E-state index contributed by atoms with van der Waals surface area (Å²) < 4.78 is 1.76. The fraction of sp³-hybridized carbons (Fsp3) is 0.148. The van der Waals surface area contributed by atoms with Gasteiger partial charge in [0.25, 0.3) is 11.6 Å². The minimum atomic E-state index is -0.434. The number of carbonyl (C=O) groups is 1. The van der Waals surface area contributed by atoms with E-state index in [-0.39, 0.29) is 11.6 Å². The Balaban J connectivity index is 1.40. The monoisotopic (exact) mass is 504 g/mol. The summed E-state index contributed by atoms with van der Waals surface area (Å²) >= 11 is 0. The molecule has 0 atom stereocenters. The summed E-state index contributed by atoms with van der Waals surface area (Å²) in [5, 5.41) is 30.5. The molecular weight excluding hydrogens is 484 g/mol. The van der Waals surface area contributed by atoms with Gasteiger partial charge in [0.15, 0.2) is 11.5 Å². The Hall–Kier alpha value is -5.37. The van der Waals surface area contributed by atoms with Crippen LogP contribution in [0.2, 0.25) is 0 Å². The number of nitrogens with zero attached hydrogens (tertiary/aromatic N) is 8. The van der Waals surface area contributed by atoms with Crippen LogP contribution in [-0.4, -0.2) is 61.5 Å². The van der Waals surface area contributed by atoms with Crippen LogP contribution in [0.4, 0.5) is 11.6 Å². The topological polar surface area (TPSA) is 134 Å². The number of amides is 1. The van der Waals surface area contributed by atoms with E-state index in [1.165, 1.54) is 6.07 Å². The molecule has 0 spiro atoms. The van der Waals surface area contributed by atoms with Crippen molar-refractivity contribution in [2.24, 2.45) is 0 Å². The lowest BCUT2D eigenvalue weighted by Gasteiger charge is -2.35. The van der Waals surface area contributed by atoms with Gasteiger partial charge in [0.1, 0.15) is 0 Å². The zero-order valence-corrected chi connectivity index (χ0v) is 20.1. The lowest BCUT2D eigenvalue weighted by atomic mass is 10.1. The molecule has 0 N–H and O–H groups in total. The molecule has 186 valence electrons. The van der Waals surface area contributed by atoms with Gasteiger partial charge < -0.3 is 9.80 Å². The van der Waals surface area contributed by atoms with E-state index < -0.39 is 4.92 Å². The normalized spacial score (nSPS) is 13.6. The number of nitriles is 1. The Labute approximate surface area is 216 Å². The summed E-state index contributed by atoms with van der Waals surface area (Å²) in [4.78, 5) is 33.1. The molecule has 0 saturated carbocycles. The predicted octanol–water partition coefficient (Wildman–Crippen LogP) is 3.69. The summed E-state index contributed by atoms with van der Waals surface area (Å²) in [6.45, 7) is 1.85. The van der Waals surface area contributed by atoms with Gasteiger partial charge in [0.05, 0.1) is 27.6 Å². The average Bonchev–Trinajstić information content (AvgIpc) is 3.42. The number of nitro groups is 1. The van der Waals surface area contributed by atoms with Crippen molar-refractivity contribution in [3.05, 3.63) is 94.0 Å². The lowest BCUT2D eigenvalue weighted by Crippen LogP contribution is -2.49. The minimum Gasteiger partial charge on any atom is -0.338 e. The molecular formula is C27H20N8O3. The number of para-hydroxylation sites is 2. The molecule has 0 radical (unpaired) electrons. The maximum atomic E-state index is 13.1. The molecule has 1 fully saturated rings. The zero-order valence-electron chi connectivity index (χ0n) is 20.1. The molecule has 1 aliphatic heterocycles. The second-order valence-corrected chi connectivity index (χ2v) is 8.86. The van der Waals surface area contributed by atoms with Gasteiger partial charge >= 0.3 is 0 Å². The Morgan fingerprint density at radius 3 is 2.50 bits per heavy atom. The summed E-state index contributed by atoms with van der Waals surface area (Å²) in [7, 11) is 0. The summed E-state index contributed by atoms with van der Waals surface area (Å²) in [6.07, 6.45) is 0. The fourth-order valence-corrected chi connectivity index (χ4v) is 4.79. The highest BCUT2D eigenvalue weighted by atomic mass is 16.6. The third kappa shape index (κ3) is 3.84. The smallest absolute Gasteiger partial charge is 0.280 e. The van der Waals surface area contributed by atoms with Gasteiger partial charge in [-0.2, -0.15) is 5.26 Å². The number of nitro benzene ring substituents is 1. The highest BCUT2D eigenvalue weighted by Crippen LogP contribution is 2.33. The van der Waals surface area contributed by atoms with Crippen LogP contribution in [0.5, 0.6) is 0 Å². The van der Waals surface area contributed by atoms with Gasteiger partial charge in [-0.15, -0.1) is 10.2 Å². The van der Waals surface area contributed by atoms with Crippen LogP contribution in [0.1, 0.15) is 15.9 Å². The van der Waals surface area contributed by atoms with E-state index in [0.717, 1.165) is 10.9 Å². The molecule has 1 aliphatic rings. The Bertz CT molecular complexity index is 1770. The number of rotatable bonds is 4. The van der Waals surface area contributed by atoms with Crippen LogP contribution in [0, 0.1) is 21.4 Å². The molecule has 5 aromatic rings. The Morgan fingerprint density at radius 1 is 0.947 bits per heavy atom. The summed E-state index contributed by atoms with van der Waals surface area (Å²) in [5.41, 5.74) is 2.45. The van der Waals surface area contributed by atoms with Crippen molar-refractivity contribution >= 4 is 34.1 Å². The lowest BCUT2D eigenvalue weighted by molar-refractivity contribution is -0.384. The van der Waals surface area contributed by atoms with Crippen molar-refractivity contribution in [3.63, 3.8) is 0 Å². The van der Waals surface area contributed by atoms with E-state index in [1.54, 1.807) is 51.8 Å². The molecule has 2 aromatic heterocycles. The van der Waals surface area contributed by atoms with Crippen molar-refractivity contribution in [1.82, 2.24) is 24.5 Å². The quantitative estimate of drug-likeness (QED) is 0.267. The molecule has 1 saturated heterocycles. The van der Waals surface area contributed by atoms with E-state index in [2.05, 4.69) is 16.3 Å². The average molecular weight is 505 g/mol. The van der Waals surface area contributed by atoms with Gasteiger partial charge in [-0.05, 0) is 36.4 Å². The highest BCUT2D eigenvalue weighted by Gasteiger charge is 2.28. The molecule has 11 heteroatoms.